The summed E-state index contributed by atoms with van der Waals surface area (Å²) in [7, 11) is -1.84. The molecular weight excluding hydrogens is 413 g/mol. The molecule has 1 aliphatic heterocycles. The molecule has 0 N–H and O–H groups in total. The lowest BCUT2D eigenvalue weighted by Crippen LogP contribution is -2.55. The van der Waals surface area contributed by atoms with E-state index in [-0.39, 0.29) is 11.1 Å². The number of rotatable bonds is 9. The molecule has 1 saturated heterocycles. The molecule has 0 saturated carbocycles. The maximum Gasteiger partial charge on any atom is 0.140 e. The molecule has 0 spiro atoms. The van der Waals surface area contributed by atoms with Crippen molar-refractivity contribution in [3.05, 3.63) is 30.1 Å². The lowest BCUT2D eigenvalue weighted by molar-refractivity contribution is 0.242. The molecule has 4 nitrogen and oxygen atoms in total. The predicted molar refractivity (Wildman–Crippen MR) is 133 cm³/mol. The van der Waals surface area contributed by atoms with Crippen LogP contribution < -0.4 is 0 Å². The van der Waals surface area contributed by atoms with Gasteiger partial charge in [0, 0.05) is 36.6 Å². The SMILES string of the molecule is CC(C)N(C(C)C)P(=S)(N(C(C)C)C(C)C)[C@]1([Si](C)(C)C)O[C@H]1c1ccncc1. The van der Waals surface area contributed by atoms with Gasteiger partial charge >= 0.3 is 0 Å². The third-order valence-electron chi connectivity index (χ3n) is 5.85. The van der Waals surface area contributed by atoms with Crippen LogP contribution >= 0.6 is 6.34 Å². The number of hydrogen-bond donors (Lipinski definition) is 0. The highest BCUT2D eigenvalue weighted by atomic mass is 32.4. The van der Waals surface area contributed by atoms with Crippen molar-refractivity contribution >= 4 is 26.2 Å². The highest BCUT2D eigenvalue weighted by molar-refractivity contribution is 8.14. The van der Waals surface area contributed by atoms with Gasteiger partial charge in [0.15, 0.2) is 0 Å². The van der Waals surface area contributed by atoms with E-state index in [1.165, 1.54) is 5.56 Å². The molecule has 1 aromatic rings. The predicted octanol–water partition coefficient (Wildman–Crippen LogP) is 6.27. The molecule has 0 bridgehead atoms. The second-order valence-electron chi connectivity index (χ2n) is 10.4. The van der Waals surface area contributed by atoms with Crippen LogP contribution in [0.4, 0.5) is 0 Å². The van der Waals surface area contributed by atoms with E-state index in [1.54, 1.807) is 0 Å². The van der Waals surface area contributed by atoms with E-state index in [2.05, 4.69) is 101 Å². The molecule has 0 aromatic carbocycles. The van der Waals surface area contributed by atoms with Crippen molar-refractivity contribution in [2.24, 2.45) is 0 Å². The Balaban J connectivity index is 2.82. The molecule has 2 atom stereocenters. The van der Waals surface area contributed by atoms with Crippen LogP contribution in [0.25, 0.3) is 0 Å². The minimum absolute atomic E-state index is 0.0583. The van der Waals surface area contributed by atoms with Gasteiger partial charge in [0.05, 0.1) is 8.07 Å². The summed E-state index contributed by atoms with van der Waals surface area (Å²) in [4.78, 5) is 3.95. The van der Waals surface area contributed by atoms with Crippen LogP contribution in [-0.4, -0.2) is 51.5 Å². The van der Waals surface area contributed by atoms with Gasteiger partial charge in [-0.3, -0.25) is 14.3 Å². The van der Waals surface area contributed by atoms with Crippen molar-refractivity contribution in [3.63, 3.8) is 0 Å². The van der Waals surface area contributed by atoms with E-state index >= 15 is 0 Å². The molecule has 29 heavy (non-hydrogen) atoms. The Kier molecular flexibility index (Phi) is 7.63. The minimum Gasteiger partial charge on any atom is -0.357 e. The number of nitrogens with zero attached hydrogens (tertiary/aromatic N) is 3. The van der Waals surface area contributed by atoms with Gasteiger partial charge < -0.3 is 4.74 Å². The average molecular weight is 456 g/mol. The van der Waals surface area contributed by atoms with Crippen molar-refractivity contribution in [2.45, 2.75) is 110 Å². The Morgan fingerprint density at radius 1 is 0.897 bits per heavy atom. The maximum atomic E-state index is 6.93. The number of epoxide rings is 1. The number of ether oxygens (including phenoxy) is 1. The highest BCUT2D eigenvalue weighted by Gasteiger charge is 2.75. The van der Waals surface area contributed by atoms with Crippen LogP contribution in [0.5, 0.6) is 0 Å². The van der Waals surface area contributed by atoms with Gasteiger partial charge in [-0.2, -0.15) is 0 Å². The molecule has 1 aliphatic rings. The summed E-state index contributed by atoms with van der Waals surface area (Å²) < 4.78 is 12.2. The molecule has 0 aliphatic carbocycles. The topological polar surface area (TPSA) is 31.9 Å². The van der Waals surface area contributed by atoms with Gasteiger partial charge in [-0.25, -0.2) is 0 Å². The zero-order valence-corrected chi connectivity index (χ0v) is 23.0. The van der Waals surface area contributed by atoms with Crippen LogP contribution in [0.3, 0.4) is 0 Å². The van der Waals surface area contributed by atoms with E-state index in [9.17, 15) is 0 Å². The summed E-state index contributed by atoms with van der Waals surface area (Å²) in [6.07, 6.45) is 1.53. The average Bonchev–Trinajstić information content (AvgIpc) is 3.31. The fourth-order valence-electron chi connectivity index (χ4n) is 5.11. The molecular formula is C22H42N3OPSSi. The Hall–Kier alpha value is -0.103. The monoisotopic (exact) mass is 455 g/mol. The Labute approximate surface area is 185 Å². The first-order chi connectivity index (χ1) is 13.2. The third-order valence-corrected chi connectivity index (χ3v) is 18.1. The summed E-state index contributed by atoms with van der Waals surface area (Å²) in [6.45, 7) is 25.7. The van der Waals surface area contributed by atoms with Crippen molar-refractivity contribution in [1.82, 2.24) is 14.3 Å². The van der Waals surface area contributed by atoms with Crippen LogP contribution in [0, 0.1) is 0 Å². The van der Waals surface area contributed by atoms with Gasteiger partial charge in [-0.15, -0.1) is 0 Å². The lowest BCUT2D eigenvalue weighted by Gasteiger charge is -2.55. The first-order valence-corrected chi connectivity index (χ1v) is 17.2. The summed E-state index contributed by atoms with van der Waals surface area (Å²) >= 11 is 6.93. The summed E-state index contributed by atoms with van der Waals surface area (Å²) in [5.74, 6) is 0. The van der Waals surface area contributed by atoms with E-state index < -0.39 is 14.4 Å². The molecule has 7 heteroatoms. The number of hydrogen-bond acceptors (Lipinski definition) is 3. The molecule has 2 heterocycles. The van der Waals surface area contributed by atoms with Crippen LogP contribution in [0.15, 0.2) is 24.5 Å². The van der Waals surface area contributed by atoms with E-state index in [1.807, 2.05) is 12.4 Å². The fourth-order valence-corrected chi connectivity index (χ4v) is 20.0. The van der Waals surface area contributed by atoms with Crippen molar-refractivity contribution in [1.29, 1.82) is 0 Å². The van der Waals surface area contributed by atoms with Gasteiger partial charge in [-0.05, 0) is 73.1 Å². The standard InChI is InChI=1S/C22H42N3OPSSi/c1-16(2)24(17(3)4)27(28,25(18(5)6)19(7)8)22(29(9,10)11)21(26-22)20-12-14-23-15-13-20/h12-19,21H,1-11H3/t21-,22+/m0/s1. The van der Waals surface area contributed by atoms with E-state index in [0.29, 0.717) is 24.2 Å². The molecule has 0 radical (unpaired) electrons. The molecule has 166 valence electrons. The van der Waals surface area contributed by atoms with Crippen LogP contribution in [0.2, 0.25) is 19.6 Å². The van der Waals surface area contributed by atoms with Gasteiger partial charge in [0.2, 0.25) is 0 Å². The molecule has 1 fully saturated rings. The quantitative estimate of drug-likeness (QED) is 0.249. The molecule has 2 rings (SSSR count). The van der Waals surface area contributed by atoms with Crippen molar-refractivity contribution in [2.75, 3.05) is 0 Å². The largest absolute Gasteiger partial charge is 0.357 e. The molecule has 0 amide bonds. The molecule has 1 aromatic heterocycles. The Bertz CT molecular complexity index is 695. The van der Waals surface area contributed by atoms with Crippen molar-refractivity contribution < 1.29 is 4.74 Å². The van der Waals surface area contributed by atoms with Crippen LogP contribution in [-0.2, 0) is 16.5 Å². The van der Waals surface area contributed by atoms with E-state index in [0.717, 1.165) is 0 Å². The van der Waals surface area contributed by atoms with Crippen LogP contribution in [0.1, 0.15) is 67.1 Å². The van der Waals surface area contributed by atoms with Gasteiger partial charge in [-0.1, -0.05) is 31.4 Å². The first kappa shape index (κ1) is 25.2. The Morgan fingerprint density at radius 3 is 1.59 bits per heavy atom. The highest BCUT2D eigenvalue weighted by Crippen LogP contribution is 2.81. The minimum atomic E-state index is -2.28. The Morgan fingerprint density at radius 2 is 1.28 bits per heavy atom. The number of aromatic nitrogens is 1. The molecule has 0 unspecified atom stereocenters. The second kappa shape index (κ2) is 8.80. The van der Waals surface area contributed by atoms with Gasteiger partial charge in [0.25, 0.3) is 0 Å². The summed E-state index contributed by atoms with van der Waals surface area (Å²) in [5.41, 5.74) is 1.22. The van der Waals surface area contributed by atoms with E-state index in [4.69, 9.17) is 16.5 Å². The first-order valence-electron chi connectivity index (χ1n) is 11.0. The maximum absolute atomic E-state index is 6.93. The zero-order valence-electron chi connectivity index (χ0n) is 20.3. The second-order valence-corrected chi connectivity index (χ2v) is 20.3. The lowest BCUT2D eigenvalue weighted by atomic mass is 10.2. The van der Waals surface area contributed by atoms with Gasteiger partial charge in [0.1, 0.15) is 17.4 Å². The fraction of sp³-hybridized carbons (Fsp3) is 0.773. The zero-order chi connectivity index (χ0) is 22.4. The smallest absolute Gasteiger partial charge is 0.140 e. The normalized spacial score (nSPS) is 23.3. The van der Waals surface area contributed by atoms with Crippen molar-refractivity contribution in [3.8, 4) is 0 Å². The summed E-state index contributed by atoms with van der Waals surface area (Å²) in [6, 6.07) is 5.65. The number of pyridine rings is 1. The third kappa shape index (κ3) is 4.18. The summed E-state index contributed by atoms with van der Waals surface area (Å²) in [5, 5.41) is 0.